The van der Waals surface area contributed by atoms with Gasteiger partial charge < -0.3 is 10.0 Å². The first kappa shape index (κ1) is 15.3. The van der Waals surface area contributed by atoms with Gasteiger partial charge in [0.15, 0.2) is 0 Å². The standard InChI is InChI=1S/C16H18F3NO2/c17-16(18,19)14(8-9-14)13(21)20-10-4-7-15(22,11-20)12-5-2-1-3-6-12/h1-3,5-6,22H,4,7-11H2. The van der Waals surface area contributed by atoms with Crippen molar-refractivity contribution in [3.63, 3.8) is 0 Å². The molecule has 6 heteroatoms. The van der Waals surface area contributed by atoms with Gasteiger partial charge in [-0.1, -0.05) is 30.3 Å². The van der Waals surface area contributed by atoms with Gasteiger partial charge in [-0.15, -0.1) is 0 Å². The first-order valence-electron chi connectivity index (χ1n) is 7.43. The summed E-state index contributed by atoms with van der Waals surface area (Å²) in [6.45, 7) is 0.194. The highest BCUT2D eigenvalue weighted by Gasteiger charge is 2.69. The summed E-state index contributed by atoms with van der Waals surface area (Å²) in [5.74, 6) is -0.881. The average molecular weight is 313 g/mol. The summed E-state index contributed by atoms with van der Waals surface area (Å²) in [6, 6.07) is 8.83. The van der Waals surface area contributed by atoms with Crippen molar-refractivity contribution in [1.82, 2.24) is 4.90 Å². The van der Waals surface area contributed by atoms with Crippen LogP contribution in [0.3, 0.4) is 0 Å². The van der Waals surface area contributed by atoms with E-state index in [1.165, 1.54) is 4.90 Å². The molecule has 1 atom stereocenters. The summed E-state index contributed by atoms with van der Waals surface area (Å²) >= 11 is 0. The predicted molar refractivity (Wildman–Crippen MR) is 73.9 cm³/mol. The third-order valence-electron chi connectivity index (χ3n) is 4.77. The van der Waals surface area contributed by atoms with Gasteiger partial charge in [-0.3, -0.25) is 4.79 Å². The summed E-state index contributed by atoms with van der Waals surface area (Å²) < 4.78 is 39.3. The smallest absolute Gasteiger partial charge is 0.383 e. The fraction of sp³-hybridized carbons (Fsp3) is 0.562. The molecule has 1 aromatic carbocycles. The molecule has 1 aromatic rings. The Bertz CT molecular complexity index is 569. The summed E-state index contributed by atoms with van der Waals surface area (Å²) in [5.41, 5.74) is -2.83. The SMILES string of the molecule is O=C(N1CCCC(O)(c2ccccc2)C1)C1(C(F)(F)F)CC1. The van der Waals surface area contributed by atoms with E-state index in [2.05, 4.69) is 0 Å². The van der Waals surface area contributed by atoms with Gasteiger partial charge >= 0.3 is 6.18 Å². The Morgan fingerprint density at radius 2 is 1.77 bits per heavy atom. The predicted octanol–water partition coefficient (Wildman–Crippen LogP) is 2.84. The van der Waals surface area contributed by atoms with E-state index >= 15 is 0 Å². The molecule has 1 saturated carbocycles. The normalized spacial score (nSPS) is 27.5. The van der Waals surface area contributed by atoms with Crippen LogP contribution in [0, 0.1) is 5.41 Å². The van der Waals surface area contributed by atoms with Crippen LogP contribution in [0.15, 0.2) is 30.3 Å². The topological polar surface area (TPSA) is 40.5 Å². The molecule has 1 unspecified atom stereocenters. The molecular weight excluding hydrogens is 295 g/mol. The molecule has 3 rings (SSSR count). The van der Waals surface area contributed by atoms with Gasteiger partial charge in [-0.2, -0.15) is 13.2 Å². The highest BCUT2D eigenvalue weighted by molar-refractivity contribution is 5.86. The molecular formula is C16H18F3NO2. The molecule has 2 fully saturated rings. The zero-order chi connectivity index (χ0) is 16.0. The first-order chi connectivity index (χ1) is 10.3. The maximum atomic E-state index is 13.1. The van der Waals surface area contributed by atoms with Crippen LogP contribution in [0.4, 0.5) is 13.2 Å². The van der Waals surface area contributed by atoms with E-state index in [0.29, 0.717) is 18.4 Å². The van der Waals surface area contributed by atoms with Crippen LogP contribution in [0.1, 0.15) is 31.2 Å². The molecule has 120 valence electrons. The van der Waals surface area contributed by atoms with Crippen LogP contribution >= 0.6 is 0 Å². The number of benzene rings is 1. The van der Waals surface area contributed by atoms with Crippen LogP contribution in [0.2, 0.25) is 0 Å². The number of piperidine rings is 1. The Hall–Kier alpha value is -1.56. The highest BCUT2D eigenvalue weighted by atomic mass is 19.4. The zero-order valence-corrected chi connectivity index (χ0v) is 12.1. The fourth-order valence-corrected chi connectivity index (χ4v) is 3.24. The molecule has 0 radical (unpaired) electrons. The molecule has 22 heavy (non-hydrogen) atoms. The van der Waals surface area contributed by atoms with E-state index in [9.17, 15) is 23.1 Å². The van der Waals surface area contributed by atoms with Gasteiger partial charge in [-0.25, -0.2) is 0 Å². The lowest BCUT2D eigenvalue weighted by Crippen LogP contribution is -2.53. The van der Waals surface area contributed by atoms with Crippen LogP contribution in [-0.4, -0.2) is 35.2 Å². The maximum absolute atomic E-state index is 13.1. The van der Waals surface area contributed by atoms with Crippen molar-refractivity contribution in [3.05, 3.63) is 35.9 Å². The van der Waals surface area contributed by atoms with Crippen molar-refractivity contribution in [2.75, 3.05) is 13.1 Å². The lowest BCUT2D eigenvalue weighted by Gasteiger charge is -2.41. The van der Waals surface area contributed by atoms with E-state index in [1.54, 1.807) is 30.3 Å². The van der Waals surface area contributed by atoms with E-state index in [4.69, 9.17) is 0 Å². The van der Waals surface area contributed by atoms with Crippen molar-refractivity contribution >= 4 is 5.91 Å². The number of hydrogen-bond donors (Lipinski definition) is 1. The average Bonchev–Trinajstić information content (AvgIpc) is 3.29. The van der Waals surface area contributed by atoms with Crippen molar-refractivity contribution in [2.24, 2.45) is 5.41 Å². The minimum atomic E-state index is -4.51. The number of aliphatic hydroxyl groups is 1. The van der Waals surface area contributed by atoms with E-state index in [0.717, 1.165) is 0 Å². The van der Waals surface area contributed by atoms with Gasteiger partial charge in [-0.05, 0) is 31.2 Å². The molecule has 0 bridgehead atoms. The van der Waals surface area contributed by atoms with E-state index in [-0.39, 0.29) is 25.9 Å². The Morgan fingerprint density at radius 1 is 1.14 bits per heavy atom. The van der Waals surface area contributed by atoms with Crippen LogP contribution in [0.5, 0.6) is 0 Å². The van der Waals surface area contributed by atoms with Crippen molar-refractivity contribution < 1.29 is 23.1 Å². The van der Waals surface area contributed by atoms with Gasteiger partial charge in [0.2, 0.25) is 5.91 Å². The number of nitrogens with zero attached hydrogens (tertiary/aromatic N) is 1. The monoisotopic (exact) mass is 313 g/mol. The molecule has 1 N–H and O–H groups in total. The van der Waals surface area contributed by atoms with Crippen LogP contribution in [0.25, 0.3) is 0 Å². The number of alkyl halides is 3. The number of likely N-dealkylation sites (tertiary alicyclic amines) is 1. The quantitative estimate of drug-likeness (QED) is 0.912. The van der Waals surface area contributed by atoms with Crippen LogP contribution in [-0.2, 0) is 10.4 Å². The van der Waals surface area contributed by atoms with Gasteiger partial charge in [0.05, 0.1) is 6.54 Å². The minimum absolute atomic E-state index is 0.0757. The summed E-state index contributed by atoms with van der Waals surface area (Å²) in [4.78, 5) is 13.5. The minimum Gasteiger partial charge on any atom is -0.383 e. The molecule has 2 aliphatic rings. The lowest BCUT2D eigenvalue weighted by molar-refractivity contribution is -0.201. The number of rotatable bonds is 2. The Labute approximate surface area is 126 Å². The summed E-state index contributed by atoms with van der Waals surface area (Å²) in [7, 11) is 0. The van der Waals surface area contributed by atoms with Gasteiger partial charge in [0, 0.05) is 6.54 Å². The lowest BCUT2D eigenvalue weighted by atomic mass is 9.85. The molecule has 1 aliphatic carbocycles. The first-order valence-corrected chi connectivity index (χ1v) is 7.43. The van der Waals surface area contributed by atoms with E-state index < -0.39 is 23.1 Å². The second-order valence-electron chi connectivity index (χ2n) is 6.31. The van der Waals surface area contributed by atoms with E-state index in [1.807, 2.05) is 0 Å². The summed E-state index contributed by atoms with van der Waals surface area (Å²) in [6.07, 6.45) is -3.86. The number of carbonyl (C=O) groups is 1. The largest absolute Gasteiger partial charge is 0.403 e. The number of amides is 1. The maximum Gasteiger partial charge on any atom is 0.403 e. The second kappa shape index (κ2) is 4.98. The van der Waals surface area contributed by atoms with Crippen molar-refractivity contribution in [3.8, 4) is 0 Å². The number of β-amino-alcohol motifs (C(OH)–C–C–N with tert-alkyl or cyclic N) is 1. The van der Waals surface area contributed by atoms with Gasteiger partial charge in [0.1, 0.15) is 11.0 Å². The Balaban J connectivity index is 1.81. The molecule has 1 amide bonds. The Morgan fingerprint density at radius 3 is 2.32 bits per heavy atom. The number of carbonyl (C=O) groups excluding carboxylic acids is 1. The Kier molecular flexibility index (Phi) is 3.47. The molecule has 0 spiro atoms. The second-order valence-corrected chi connectivity index (χ2v) is 6.31. The van der Waals surface area contributed by atoms with Gasteiger partial charge in [0.25, 0.3) is 0 Å². The number of hydrogen-bond acceptors (Lipinski definition) is 2. The highest BCUT2D eigenvalue weighted by Crippen LogP contribution is 2.59. The molecule has 0 aromatic heterocycles. The molecule has 1 aliphatic heterocycles. The molecule has 1 heterocycles. The third kappa shape index (κ3) is 2.39. The number of halogens is 3. The third-order valence-corrected chi connectivity index (χ3v) is 4.77. The van der Waals surface area contributed by atoms with Crippen LogP contribution < -0.4 is 0 Å². The zero-order valence-electron chi connectivity index (χ0n) is 12.1. The molecule has 1 saturated heterocycles. The van der Waals surface area contributed by atoms with Crippen molar-refractivity contribution in [1.29, 1.82) is 0 Å². The fourth-order valence-electron chi connectivity index (χ4n) is 3.24. The molecule has 3 nitrogen and oxygen atoms in total. The van der Waals surface area contributed by atoms with Crippen molar-refractivity contribution in [2.45, 2.75) is 37.5 Å². The summed E-state index contributed by atoms with van der Waals surface area (Å²) in [5, 5.41) is 10.8.